The molecule has 1 fully saturated rings. The van der Waals surface area contributed by atoms with E-state index in [-0.39, 0.29) is 5.91 Å². The Morgan fingerprint density at radius 1 is 1.26 bits per heavy atom. The van der Waals surface area contributed by atoms with Gasteiger partial charge in [0.05, 0.1) is 11.9 Å². The molecule has 1 aliphatic heterocycles. The van der Waals surface area contributed by atoms with E-state index in [0.29, 0.717) is 12.1 Å². The SMILES string of the molecule is Cc1cnn(-c2ccc(C(=O)NCCN3CCNCC3)cc2)c1. The second-order valence-corrected chi connectivity index (χ2v) is 5.86. The lowest BCUT2D eigenvalue weighted by molar-refractivity contribution is 0.0947. The van der Waals surface area contributed by atoms with Gasteiger partial charge in [0.2, 0.25) is 0 Å². The van der Waals surface area contributed by atoms with Crippen molar-refractivity contribution in [3.63, 3.8) is 0 Å². The molecule has 6 heteroatoms. The second-order valence-electron chi connectivity index (χ2n) is 5.86. The maximum atomic E-state index is 12.2. The first kappa shape index (κ1) is 15.7. The van der Waals surface area contributed by atoms with E-state index in [2.05, 4.69) is 20.6 Å². The summed E-state index contributed by atoms with van der Waals surface area (Å²) in [6.45, 7) is 7.74. The molecular weight excluding hydrogens is 290 g/mol. The van der Waals surface area contributed by atoms with Gasteiger partial charge in [0, 0.05) is 51.0 Å². The van der Waals surface area contributed by atoms with Gasteiger partial charge in [-0.3, -0.25) is 9.69 Å². The fourth-order valence-electron chi connectivity index (χ4n) is 2.68. The summed E-state index contributed by atoms with van der Waals surface area (Å²) in [7, 11) is 0. The van der Waals surface area contributed by atoms with Crippen molar-refractivity contribution in [1.29, 1.82) is 0 Å². The quantitative estimate of drug-likeness (QED) is 0.858. The topological polar surface area (TPSA) is 62.2 Å². The van der Waals surface area contributed by atoms with Crippen LogP contribution in [0.15, 0.2) is 36.7 Å². The number of nitrogens with zero attached hydrogens (tertiary/aromatic N) is 3. The zero-order valence-electron chi connectivity index (χ0n) is 13.5. The number of amides is 1. The van der Waals surface area contributed by atoms with Gasteiger partial charge in [0.15, 0.2) is 0 Å². The third-order valence-electron chi connectivity index (χ3n) is 4.03. The summed E-state index contributed by atoms with van der Waals surface area (Å²) in [6.07, 6.45) is 3.78. The molecule has 2 N–H and O–H groups in total. The highest BCUT2D eigenvalue weighted by Gasteiger charge is 2.10. The van der Waals surface area contributed by atoms with Gasteiger partial charge in [0.1, 0.15) is 0 Å². The summed E-state index contributed by atoms with van der Waals surface area (Å²) >= 11 is 0. The maximum absolute atomic E-state index is 12.2. The number of carbonyl (C=O) groups excluding carboxylic acids is 1. The number of hydrogen-bond donors (Lipinski definition) is 2. The van der Waals surface area contributed by atoms with Crippen LogP contribution in [0, 0.1) is 6.92 Å². The lowest BCUT2D eigenvalue weighted by Gasteiger charge is -2.27. The van der Waals surface area contributed by atoms with Gasteiger partial charge < -0.3 is 10.6 Å². The van der Waals surface area contributed by atoms with Gasteiger partial charge >= 0.3 is 0 Å². The molecule has 6 nitrogen and oxygen atoms in total. The van der Waals surface area contributed by atoms with Crippen LogP contribution in [0.25, 0.3) is 5.69 Å². The molecule has 0 unspecified atom stereocenters. The minimum Gasteiger partial charge on any atom is -0.351 e. The Morgan fingerprint density at radius 3 is 2.65 bits per heavy atom. The molecule has 0 spiro atoms. The number of aryl methyl sites for hydroxylation is 1. The molecule has 1 aromatic carbocycles. The van der Waals surface area contributed by atoms with Crippen molar-refractivity contribution in [3.8, 4) is 5.69 Å². The highest BCUT2D eigenvalue weighted by atomic mass is 16.1. The van der Waals surface area contributed by atoms with E-state index in [1.165, 1.54) is 0 Å². The van der Waals surface area contributed by atoms with Crippen LogP contribution in [0.5, 0.6) is 0 Å². The van der Waals surface area contributed by atoms with Crippen LogP contribution in [0.1, 0.15) is 15.9 Å². The molecule has 0 aliphatic carbocycles. The summed E-state index contributed by atoms with van der Waals surface area (Å²) in [5, 5.41) is 10.6. The molecule has 0 radical (unpaired) electrons. The van der Waals surface area contributed by atoms with E-state index in [1.807, 2.05) is 43.6 Å². The zero-order chi connectivity index (χ0) is 16.1. The molecule has 23 heavy (non-hydrogen) atoms. The molecule has 3 rings (SSSR count). The number of rotatable bonds is 5. The van der Waals surface area contributed by atoms with Crippen LogP contribution >= 0.6 is 0 Å². The predicted octanol–water partition coefficient (Wildman–Crippen LogP) is 0.816. The molecule has 0 atom stereocenters. The highest BCUT2D eigenvalue weighted by Crippen LogP contribution is 2.10. The molecule has 0 bridgehead atoms. The van der Waals surface area contributed by atoms with Crippen LogP contribution in [0.4, 0.5) is 0 Å². The Balaban J connectivity index is 1.51. The molecule has 0 saturated carbocycles. The minimum absolute atomic E-state index is 0.0247. The molecule has 2 aromatic rings. The number of nitrogens with one attached hydrogen (secondary N) is 2. The molecule has 1 amide bonds. The Kier molecular flexibility index (Phi) is 5.05. The van der Waals surface area contributed by atoms with Gasteiger partial charge in [-0.25, -0.2) is 4.68 Å². The molecule has 1 aromatic heterocycles. The number of piperazine rings is 1. The Hall–Kier alpha value is -2.18. The van der Waals surface area contributed by atoms with Crippen LogP contribution in [-0.2, 0) is 0 Å². The van der Waals surface area contributed by atoms with Gasteiger partial charge in [-0.15, -0.1) is 0 Å². The first-order valence-electron chi connectivity index (χ1n) is 8.05. The predicted molar refractivity (Wildman–Crippen MR) is 89.9 cm³/mol. The van der Waals surface area contributed by atoms with Crippen LogP contribution < -0.4 is 10.6 Å². The van der Waals surface area contributed by atoms with Crippen molar-refractivity contribution in [2.75, 3.05) is 39.3 Å². The molecular formula is C17H23N5O. The number of benzene rings is 1. The first-order valence-corrected chi connectivity index (χ1v) is 8.05. The van der Waals surface area contributed by atoms with Crippen molar-refractivity contribution in [2.45, 2.75) is 6.92 Å². The lowest BCUT2D eigenvalue weighted by Crippen LogP contribution is -2.46. The average molecular weight is 313 g/mol. The van der Waals surface area contributed by atoms with Crippen molar-refractivity contribution in [2.24, 2.45) is 0 Å². The van der Waals surface area contributed by atoms with E-state index in [1.54, 1.807) is 4.68 Å². The van der Waals surface area contributed by atoms with Crippen molar-refractivity contribution in [1.82, 2.24) is 25.3 Å². The van der Waals surface area contributed by atoms with Crippen LogP contribution in [0.3, 0.4) is 0 Å². The standard InChI is InChI=1S/C17H23N5O/c1-14-12-20-22(13-14)16-4-2-15(3-5-16)17(23)19-8-11-21-9-6-18-7-10-21/h2-5,12-13,18H,6-11H2,1H3,(H,19,23). The molecule has 2 heterocycles. The summed E-state index contributed by atoms with van der Waals surface area (Å²) in [5.41, 5.74) is 2.74. The fraction of sp³-hybridized carbons (Fsp3) is 0.412. The van der Waals surface area contributed by atoms with Gasteiger partial charge in [0.25, 0.3) is 5.91 Å². The smallest absolute Gasteiger partial charge is 0.251 e. The summed E-state index contributed by atoms with van der Waals surface area (Å²) in [6, 6.07) is 7.51. The Labute approximate surface area is 136 Å². The van der Waals surface area contributed by atoms with Gasteiger partial charge in [-0.1, -0.05) is 0 Å². The summed E-state index contributed by atoms with van der Waals surface area (Å²) in [4.78, 5) is 14.5. The van der Waals surface area contributed by atoms with Crippen molar-refractivity contribution >= 4 is 5.91 Å². The number of carbonyl (C=O) groups is 1. The van der Waals surface area contributed by atoms with Crippen molar-refractivity contribution < 1.29 is 4.79 Å². The highest BCUT2D eigenvalue weighted by molar-refractivity contribution is 5.94. The van der Waals surface area contributed by atoms with Crippen LogP contribution in [0.2, 0.25) is 0 Å². The van der Waals surface area contributed by atoms with E-state index >= 15 is 0 Å². The Morgan fingerprint density at radius 2 is 2.00 bits per heavy atom. The average Bonchev–Trinajstić information content (AvgIpc) is 3.02. The first-order chi connectivity index (χ1) is 11.2. The normalized spacial score (nSPS) is 15.5. The number of aromatic nitrogens is 2. The molecule has 1 saturated heterocycles. The van der Waals surface area contributed by atoms with Crippen molar-refractivity contribution in [3.05, 3.63) is 47.8 Å². The Bertz CT molecular complexity index is 643. The summed E-state index contributed by atoms with van der Waals surface area (Å²) < 4.78 is 1.81. The number of hydrogen-bond acceptors (Lipinski definition) is 4. The lowest BCUT2D eigenvalue weighted by atomic mass is 10.2. The van der Waals surface area contributed by atoms with E-state index in [0.717, 1.165) is 44.0 Å². The largest absolute Gasteiger partial charge is 0.351 e. The third-order valence-corrected chi connectivity index (χ3v) is 4.03. The minimum atomic E-state index is -0.0247. The second kappa shape index (κ2) is 7.39. The van der Waals surface area contributed by atoms with E-state index in [9.17, 15) is 4.79 Å². The van der Waals surface area contributed by atoms with Crippen LogP contribution in [-0.4, -0.2) is 59.9 Å². The van der Waals surface area contributed by atoms with Gasteiger partial charge in [-0.2, -0.15) is 5.10 Å². The third kappa shape index (κ3) is 4.18. The fourth-order valence-corrected chi connectivity index (χ4v) is 2.68. The molecule has 122 valence electrons. The summed E-state index contributed by atoms with van der Waals surface area (Å²) in [5.74, 6) is -0.0247. The monoisotopic (exact) mass is 313 g/mol. The van der Waals surface area contributed by atoms with E-state index < -0.39 is 0 Å². The molecule has 1 aliphatic rings. The van der Waals surface area contributed by atoms with E-state index in [4.69, 9.17) is 0 Å². The zero-order valence-corrected chi connectivity index (χ0v) is 13.5. The van der Waals surface area contributed by atoms with Gasteiger partial charge in [-0.05, 0) is 36.8 Å². The maximum Gasteiger partial charge on any atom is 0.251 e.